The second-order valence-corrected chi connectivity index (χ2v) is 3.60. The second-order valence-electron chi connectivity index (χ2n) is 3.60. The molecule has 1 aromatic carbocycles. The molecule has 2 rings (SSSR count). The van der Waals surface area contributed by atoms with E-state index in [2.05, 4.69) is 5.10 Å². The summed E-state index contributed by atoms with van der Waals surface area (Å²) in [7, 11) is 0. The van der Waals surface area contributed by atoms with Crippen LogP contribution >= 0.6 is 0 Å². The van der Waals surface area contributed by atoms with Gasteiger partial charge in [-0.3, -0.25) is 4.68 Å². The summed E-state index contributed by atoms with van der Waals surface area (Å²) in [5.41, 5.74) is 0.578. The summed E-state index contributed by atoms with van der Waals surface area (Å²) in [6.07, 6.45) is -1.26. The van der Waals surface area contributed by atoms with Crippen LogP contribution in [0.4, 0.5) is 13.2 Å². The maximum atomic E-state index is 12.8. The summed E-state index contributed by atoms with van der Waals surface area (Å²) < 4.78 is 39.8. The molecular formula is C12H11F3N2. The van der Waals surface area contributed by atoms with Crippen molar-refractivity contribution in [1.29, 1.82) is 0 Å². The Balaban J connectivity index is 2.49. The highest BCUT2D eigenvalue weighted by atomic mass is 19.3. The molecule has 0 unspecified atom stereocenters. The second kappa shape index (κ2) is 4.61. The molecule has 0 saturated carbocycles. The van der Waals surface area contributed by atoms with Gasteiger partial charge in [0.25, 0.3) is 6.43 Å². The molecule has 0 fully saturated rings. The van der Waals surface area contributed by atoms with Crippen LogP contribution in [0.5, 0.6) is 0 Å². The van der Waals surface area contributed by atoms with E-state index in [0.717, 1.165) is 0 Å². The molecule has 0 saturated heterocycles. The third-order valence-electron chi connectivity index (χ3n) is 2.47. The van der Waals surface area contributed by atoms with Crippen molar-refractivity contribution in [3.8, 4) is 11.3 Å². The Bertz CT molecular complexity index is 503. The standard InChI is InChI=1S/C12H11F3N2/c1-2-17-7-10(12(14)15)11(16-17)8-3-5-9(13)6-4-8/h3-7,12H,2H2,1H3. The van der Waals surface area contributed by atoms with Crippen molar-refractivity contribution >= 4 is 0 Å². The van der Waals surface area contributed by atoms with E-state index in [4.69, 9.17) is 0 Å². The lowest BCUT2D eigenvalue weighted by molar-refractivity contribution is 0.152. The van der Waals surface area contributed by atoms with Crippen LogP contribution in [0.1, 0.15) is 18.9 Å². The maximum absolute atomic E-state index is 12.8. The number of nitrogens with zero attached hydrogens (tertiary/aromatic N) is 2. The number of benzene rings is 1. The van der Waals surface area contributed by atoms with Crippen molar-refractivity contribution in [2.75, 3.05) is 0 Å². The first kappa shape index (κ1) is 11.7. The van der Waals surface area contributed by atoms with Gasteiger partial charge in [0.15, 0.2) is 0 Å². The normalized spacial score (nSPS) is 11.1. The fraction of sp³-hybridized carbons (Fsp3) is 0.250. The highest BCUT2D eigenvalue weighted by molar-refractivity contribution is 5.62. The molecule has 0 spiro atoms. The van der Waals surface area contributed by atoms with E-state index < -0.39 is 12.2 Å². The Morgan fingerprint density at radius 2 is 1.88 bits per heavy atom. The van der Waals surface area contributed by atoms with Gasteiger partial charge in [-0.25, -0.2) is 13.2 Å². The zero-order chi connectivity index (χ0) is 12.4. The first-order chi connectivity index (χ1) is 8.11. The average Bonchev–Trinajstić information content (AvgIpc) is 2.74. The summed E-state index contributed by atoms with van der Waals surface area (Å²) in [4.78, 5) is 0. The maximum Gasteiger partial charge on any atom is 0.267 e. The van der Waals surface area contributed by atoms with Crippen molar-refractivity contribution in [3.63, 3.8) is 0 Å². The van der Waals surface area contributed by atoms with E-state index in [1.54, 1.807) is 0 Å². The van der Waals surface area contributed by atoms with Gasteiger partial charge in [0.05, 0.1) is 5.56 Å². The molecule has 1 heterocycles. The van der Waals surface area contributed by atoms with Gasteiger partial charge in [0, 0.05) is 18.3 Å². The molecule has 0 aliphatic rings. The number of rotatable bonds is 3. The molecule has 0 amide bonds. The number of hydrogen-bond donors (Lipinski definition) is 0. The lowest BCUT2D eigenvalue weighted by Crippen LogP contribution is -1.93. The molecule has 1 aromatic heterocycles. The van der Waals surface area contributed by atoms with Gasteiger partial charge in [-0.1, -0.05) is 0 Å². The molecule has 0 atom stereocenters. The van der Waals surface area contributed by atoms with Gasteiger partial charge in [0.2, 0.25) is 0 Å². The lowest BCUT2D eigenvalue weighted by atomic mass is 10.1. The van der Waals surface area contributed by atoms with E-state index in [0.29, 0.717) is 12.1 Å². The van der Waals surface area contributed by atoms with E-state index in [1.807, 2.05) is 6.92 Å². The van der Waals surface area contributed by atoms with Gasteiger partial charge in [-0.15, -0.1) is 0 Å². The van der Waals surface area contributed by atoms with E-state index >= 15 is 0 Å². The van der Waals surface area contributed by atoms with E-state index in [9.17, 15) is 13.2 Å². The van der Waals surface area contributed by atoms with Crippen LogP contribution < -0.4 is 0 Å². The van der Waals surface area contributed by atoms with Crippen LogP contribution in [0.2, 0.25) is 0 Å². The topological polar surface area (TPSA) is 17.8 Å². The number of halogens is 3. The molecule has 17 heavy (non-hydrogen) atoms. The van der Waals surface area contributed by atoms with Crippen molar-refractivity contribution < 1.29 is 13.2 Å². The van der Waals surface area contributed by atoms with Crippen molar-refractivity contribution in [2.45, 2.75) is 19.9 Å². The largest absolute Gasteiger partial charge is 0.272 e. The van der Waals surface area contributed by atoms with Crippen LogP contribution in [-0.4, -0.2) is 9.78 Å². The fourth-order valence-electron chi connectivity index (χ4n) is 1.59. The van der Waals surface area contributed by atoms with Gasteiger partial charge in [0.1, 0.15) is 11.5 Å². The molecule has 0 bridgehead atoms. The Hall–Kier alpha value is -1.78. The third-order valence-corrected chi connectivity index (χ3v) is 2.47. The monoisotopic (exact) mass is 240 g/mol. The summed E-state index contributed by atoms with van der Waals surface area (Å²) >= 11 is 0. The Kier molecular flexibility index (Phi) is 3.17. The molecule has 0 radical (unpaired) electrons. The smallest absolute Gasteiger partial charge is 0.267 e. The van der Waals surface area contributed by atoms with Gasteiger partial charge >= 0.3 is 0 Å². The van der Waals surface area contributed by atoms with Crippen molar-refractivity contribution in [2.24, 2.45) is 0 Å². The molecule has 90 valence electrons. The summed E-state index contributed by atoms with van der Waals surface area (Å²) in [6.45, 7) is 2.33. The summed E-state index contributed by atoms with van der Waals surface area (Å²) in [5, 5.41) is 4.06. The number of alkyl halides is 2. The molecular weight excluding hydrogens is 229 g/mol. The highest BCUT2D eigenvalue weighted by Crippen LogP contribution is 2.29. The zero-order valence-electron chi connectivity index (χ0n) is 9.20. The number of aryl methyl sites for hydroxylation is 1. The van der Waals surface area contributed by atoms with Crippen LogP contribution in [0, 0.1) is 5.82 Å². The molecule has 0 N–H and O–H groups in total. The Morgan fingerprint density at radius 1 is 1.24 bits per heavy atom. The fourth-order valence-corrected chi connectivity index (χ4v) is 1.59. The number of hydrogen-bond acceptors (Lipinski definition) is 1. The minimum atomic E-state index is -2.59. The first-order valence-corrected chi connectivity index (χ1v) is 5.23. The number of aromatic nitrogens is 2. The summed E-state index contributed by atoms with van der Waals surface area (Å²) in [6, 6.07) is 5.36. The van der Waals surface area contributed by atoms with Crippen LogP contribution in [-0.2, 0) is 6.54 Å². The van der Waals surface area contributed by atoms with Crippen LogP contribution in [0.3, 0.4) is 0 Å². The quantitative estimate of drug-likeness (QED) is 0.800. The molecule has 2 nitrogen and oxygen atoms in total. The molecule has 0 aliphatic carbocycles. The van der Waals surface area contributed by atoms with Gasteiger partial charge in [-0.2, -0.15) is 5.10 Å². The van der Waals surface area contributed by atoms with Crippen LogP contribution in [0.25, 0.3) is 11.3 Å². The minimum absolute atomic E-state index is 0.126. The Labute approximate surface area is 96.7 Å². The molecule has 5 heteroatoms. The highest BCUT2D eigenvalue weighted by Gasteiger charge is 2.18. The lowest BCUT2D eigenvalue weighted by Gasteiger charge is -2.00. The van der Waals surface area contributed by atoms with Gasteiger partial charge in [-0.05, 0) is 31.2 Å². The first-order valence-electron chi connectivity index (χ1n) is 5.23. The van der Waals surface area contributed by atoms with E-state index in [-0.39, 0.29) is 11.3 Å². The van der Waals surface area contributed by atoms with Gasteiger partial charge < -0.3 is 0 Å². The molecule has 2 aromatic rings. The average molecular weight is 240 g/mol. The van der Waals surface area contributed by atoms with Crippen molar-refractivity contribution in [3.05, 3.63) is 41.8 Å². The SMILES string of the molecule is CCn1cc(C(F)F)c(-c2ccc(F)cc2)n1. The Morgan fingerprint density at radius 3 is 2.41 bits per heavy atom. The van der Waals surface area contributed by atoms with E-state index in [1.165, 1.54) is 35.1 Å². The molecule has 0 aliphatic heterocycles. The van der Waals surface area contributed by atoms with Crippen LogP contribution in [0.15, 0.2) is 30.5 Å². The zero-order valence-corrected chi connectivity index (χ0v) is 9.20. The third kappa shape index (κ3) is 2.33. The predicted octanol–water partition coefficient (Wildman–Crippen LogP) is 3.65. The predicted molar refractivity (Wildman–Crippen MR) is 58.3 cm³/mol. The minimum Gasteiger partial charge on any atom is -0.272 e. The van der Waals surface area contributed by atoms with Crippen molar-refractivity contribution in [1.82, 2.24) is 9.78 Å². The summed E-state index contributed by atoms with van der Waals surface area (Å²) in [5.74, 6) is -0.401.